The average molecular weight is 441 g/mol. The molecule has 2 aliphatic heterocycles. The van der Waals surface area contributed by atoms with E-state index in [-0.39, 0.29) is 6.73 Å². The number of nitrogens with zero attached hydrogens (tertiary/aromatic N) is 2. The highest BCUT2D eigenvalue weighted by atomic mass is 16.5. The molecule has 5 nitrogen and oxygen atoms in total. The summed E-state index contributed by atoms with van der Waals surface area (Å²) in [5, 5.41) is 11.3. The Morgan fingerprint density at radius 3 is 2.64 bits per heavy atom. The van der Waals surface area contributed by atoms with Gasteiger partial charge in [-0.3, -0.25) is 4.90 Å². The fraction of sp³-hybridized carbons (Fsp3) is 0.286. The zero-order chi connectivity index (χ0) is 22.4. The summed E-state index contributed by atoms with van der Waals surface area (Å²) in [7, 11) is 1.71. The van der Waals surface area contributed by atoms with Crippen LogP contribution in [0.5, 0.6) is 11.5 Å². The standard InChI is InChI=1S/C28H28N2O3/c1-32-27-15-22-20(13-28(27)33-17-19-7-3-2-4-8-19)11-12-29-16-26-23(14-25(22)29)21-9-5-6-10-24(21)30(26)18-31/h2-10,13,15,25,31H,11-12,14,16-18H2,1H3. The topological polar surface area (TPSA) is 46.9 Å². The van der Waals surface area contributed by atoms with Gasteiger partial charge in [-0.15, -0.1) is 0 Å². The molecule has 0 amide bonds. The molecule has 1 unspecified atom stereocenters. The minimum Gasteiger partial charge on any atom is -0.493 e. The summed E-state index contributed by atoms with van der Waals surface area (Å²) in [4.78, 5) is 2.54. The van der Waals surface area contributed by atoms with Crippen molar-refractivity contribution in [2.24, 2.45) is 0 Å². The zero-order valence-electron chi connectivity index (χ0n) is 18.8. The molecule has 168 valence electrons. The first kappa shape index (κ1) is 20.3. The summed E-state index contributed by atoms with van der Waals surface area (Å²) in [6.45, 7) is 2.38. The van der Waals surface area contributed by atoms with Crippen molar-refractivity contribution in [3.05, 3.63) is 94.7 Å². The van der Waals surface area contributed by atoms with E-state index in [0.717, 1.165) is 48.5 Å². The summed E-state index contributed by atoms with van der Waals surface area (Å²) < 4.78 is 14.0. The van der Waals surface area contributed by atoms with Gasteiger partial charge in [0.15, 0.2) is 11.5 Å². The molecule has 0 aliphatic carbocycles. The third-order valence-electron chi connectivity index (χ3n) is 7.22. The molecule has 33 heavy (non-hydrogen) atoms. The first-order valence-corrected chi connectivity index (χ1v) is 11.6. The van der Waals surface area contributed by atoms with Gasteiger partial charge in [0.05, 0.1) is 12.6 Å². The zero-order valence-corrected chi connectivity index (χ0v) is 18.8. The number of methoxy groups -OCH3 is 1. The van der Waals surface area contributed by atoms with Crippen LogP contribution in [0.15, 0.2) is 66.7 Å². The third-order valence-corrected chi connectivity index (χ3v) is 7.22. The summed E-state index contributed by atoms with van der Waals surface area (Å²) >= 11 is 0. The highest BCUT2D eigenvalue weighted by Crippen LogP contribution is 2.44. The molecule has 0 fully saturated rings. The van der Waals surface area contributed by atoms with Crippen LogP contribution in [0.3, 0.4) is 0 Å². The lowest BCUT2D eigenvalue weighted by molar-refractivity contribution is 0.145. The van der Waals surface area contributed by atoms with Gasteiger partial charge in [-0.05, 0) is 53.3 Å². The lowest BCUT2D eigenvalue weighted by atomic mass is 9.85. The van der Waals surface area contributed by atoms with Crippen LogP contribution in [-0.2, 0) is 32.7 Å². The smallest absolute Gasteiger partial charge is 0.161 e. The number of ether oxygens (including phenoxy) is 2. The summed E-state index contributed by atoms with van der Waals surface area (Å²) in [5.41, 5.74) is 7.53. The predicted octanol–water partition coefficient (Wildman–Crippen LogP) is 4.83. The number of benzene rings is 3. The second-order valence-electron chi connectivity index (χ2n) is 8.93. The Morgan fingerprint density at radius 1 is 1.00 bits per heavy atom. The number of hydrogen-bond donors (Lipinski definition) is 1. The van der Waals surface area contributed by atoms with Crippen molar-refractivity contribution in [1.82, 2.24) is 9.47 Å². The van der Waals surface area contributed by atoms with Gasteiger partial charge in [-0.2, -0.15) is 0 Å². The van der Waals surface area contributed by atoms with E-state index >= 15 is 0 Å². The van der Waals surface area contributed by atoms with Crippen molar-refractivity contribution in [3.8, 4) is 11.5 Å². The molecular formula is C28H28N2O3. The van der Waals surface area contributed by atoms with Gasteiger partial charge in [0.25, 0.3) is 0 Å². The van der Waals surface area contributed by atoms with Crippen LogP contribution in [0.1, 0.15) is 34.0 Å². The van der Waals surface area contributed by atoms with Crippen LogP contribution in [0.2, 0.25) is 0 Å². The lowest BCUT2D eigenvalue weighted by Gasteiger charge is -2.41. The van der Waals surface area contributed by atoms with Crippen molar-refractivity contribution in [1.29, 1.82) is 0 Å². The predicted molar refractivity (Wildman–Crippen MR) is 128 cm³/mol. The number of hydrogen-bond acceptors (Lipinski definition) is 4. The van der Waals surface area contributed by atoms with Gasteiger partial charge in [0.1, 0.15) is 13.3 Å². The van der Waals surface area contributed by atoms with Crippen molar-refractivity contribution in [3.63, 3.8) is 0 Å². The van der Waals surface area contributed by atoms with Crippen LogP contribution in [0.25, 0.3) is 10.9 Å². The second-order valence-corrected chi connectivity index (χ2v) is 8.93. The second kappa shape index (κ2) is 8.25. The molecule has 0 bridgehead atoms. The fourth-order valence-corrected chi connectivity index (χ4v) is 5.58. The summed E-state index contributed by atoms with van der Waals surface area (Å²) in [6, 6.07) is 23.3. The highest BCUT2D eigenvalue weighted by molar-refractivity contribution is 5.86. The van der Waals surface area contributed by atoms with Gasteiger partial charge in [-0.25, -0.2) is 0 Å². The number of aliphatic hydroxyl groups is 1. The molecule has 4 aromatic rings. The molecular weight excluding hydrogens is 412 g/mol. The molecule has 3 heterocycles. The maximum absolute atomic E-state index is 10.1. The fourth-order valence-electron chi connectivity index (χ4n) is 5.58. The molecule has 2 aliphatic rings. The molecule has 5 heteroatoms. The molecule has 6 rings (SSSR count). The first-order chi connectivity index (χ1) is 16.3. The van der Waals surface area contributed by atoms with Crippen molar-refractivity contribution >= 4 is 10.9 Å². The van der Waals surface area contributed by atoms with E-state index in [2.05, 4.69) is 51.9 Å². The van der Waals surface area contributed by atoms with E-state index in [0.29, 0.717) is 12.6 Å². The van der Waals surface area contributed by atoms with Gasteiger partial charge in [0, 0.05) is 30.2 Å². The Balaban J connectivity index is 1.36. The monoisotopic (exact) mass is 440 g/mol. The maximum Gasteiger partial charge on any atom is 0.161 e. The Morgan fingerprint density at radius 2 is 1.82 bits per heavy atom. The maximum atomic E-state index is 10.1. The number of aliphatic hydroxyl groups excluding tert-OH is 1. The Kier molecular flexibility index (Phi) is 5.08. The highest BCUT2D eigenvalue weighted by Gasteiger charge is 2.35. The van der Waals surface area contributed by atoms with Gasteiger partial charge in [-0.1, -0.05) is 48.5 Å². The molecule has 0 saturated heterocycles. The van der Waals surface area contributed by atoms with Crippen LogP contribution < -0.4 is 9.47 Å². The van der Waals surface area contributed by atoms with E-state index in [1.807, 2.05) is 24.3 Å². The summed E-state index contributed by atoms with van der Waals surface area (Å²) in [6.07, 6.45) is 1.91. The minimum absolute atomic E-state index is 0.0148. The number of para-hydroxylation sites is 1. The summed E-state index contributed by atoms with van der Waals surface area (Å²) in [5.74, 6) is 1.59. The lowest BCUT2D eigenvalue weighted by Crippen LogP contribution is -2.39. The van der Waals surface area contributed by atoms with Crippen LogP contribution in [0.4, 0.5) is 0 Å². The Hall–Kier alpha value is -3.28. The minimum atomic E-state index is 0.0148. The van der Waals surface area contributed by atoms with Gasteiger partial charge < -0.3 is 19.1 Å². The molecule has 3 aromatic carbocycles. The van der Waals surface area contributed by atoms with Gasteiger partial charge in [0.2, 0.25) is 0 Å². The quantitative estimate of drug-likeness (QED) is 0.483. The molecule has 0 saturated carbocycles. The van der Waals surface area contributed by atoms with Crippen molar-refractivity contribution < 1.29 is 14.6 Å². The van der Waals surface area contributed by atoms with E-state index < -0.39 is 0 Å². The van der Waals surface area contributed by atoms with E-state index in [1.54, 1.807) is 7.11 Å². The number of rotatable bonds is 5. The molecule has 0 spiro atoms. The SMILES string of the molecule is COc1cc2c(cc1OCc1ccccc1)CCN1Cc3c(c4ccccc4n3CO)CC21. The van der Waals surface area contributed by atoms with E-state index in [9.17, 15) is 5.11 Å². The van der Waals surface area contributed by atoms with Crippen LogP contribution in [0, 0.1) is 0 Å². The number of fused-ring (bicyclic) bond motifs is 6. The van der Waals surface area contributed by atoms with Gasteiger partial charge >= 0.3 is 0 Å². The molecule has 1 aromatic heterocycles. The third kappa shape index (κ3) is 3.39. The van der Waals surface area contributed by atoms with Crippen molar-refractivity contribution in [2.75, 3.05) is 13.7 Å². The normalized spacial score (nSPS) is 17.3. The van der Waals surface area contributed by atoms with Crippen LogP contribution >= 0.6 is 0 Å². The molecule has 0 radical (unpaired) electrons. The van der Waals surface area contributed by atoms with E-state index in [4.69, 9.17) is 9.47 Å². The molecule has 1 atom stereocenters. The Labute approximate surface area is 193 Å². The largest absolute Gasteiger partial charge is 0.493 e. The average Bonchev–Trinajstić information content (AvgIpc) is 3.18. The number of aromatic nitrogens is 1. The van der Waals surface area contributed by atoms with Crippen molar-refractivity contribution in [2.45, 2.75) is 38.8 Å². The Bertz CT molecular complexity index is 1310. The molecule has 1 N–H and O–H groups in total. The van der Waals surface area contributed by atoms with E-state index in [1.165, 1.54) is 27.8 Å². The first-order valence-electron chi connectivity index (χ1n) is 11.6. The van der Waals surface area contributed by atoms with Crippen LogP contribution in [-0.4, -0.2) is 28.2 Å².